The van der Waals surface area contributed by atoms with Gasteiger partial charge in [-0.1, -0.05) is 15.9 Å². The van der Waals surface area contributed by atoms with E-state index in [2.05, 4.69) is 26.2 Å². The van der Waals surface area contributed by atoms with Gasteiger partial charge >= 0.3 is 0 Å². The van der Waals surface area contributed by atoms with E-state index in [4.69, 9.17) is 4.74 Å². The number of benzene rings is 1. The van der Waals surface area contributed by atoms with Gasteiger partial charge in [0.2, 0.25) is 0 Å². The van der Waals surface area contributed by atoms with Gasteiger partial charge in [-0.05, 0) is 50.2 Å². The minimum atomic E-state index is -0.430. The highest BCUT2D eigenvalue weighted by Crippen LogP contribution is 2.30. The summed E-state index contributed by atoms with van der Waals surface area (Å²) in [7, 11) is 1.77. The summed E-state index contributed by atoms with van der Waals surface area (Å²) < 4.78 is 20.8. The van der Waals surface area contributed by atoms with Crippen LogP contribution >= 0.6 is 15.9 Å². The number of nitrogens with one attached hydrogen (secondary N) is 1. The van der Waals surface area contributed by atoms with Crippen molar-refractivity contribution in [2.24, 2.45) is 0 Å². The van der Waals surface area contributed by atoms with Crippen LogP contribution in [-0.2, 0) is 6.54 Å². The summed E-state index contributed by atoms with van der Waals surface area (Å²) in [5, 5.41) is 2.91. The van der Waals surface area contributed by atoms with E-state index in [1.54, 1.807) is 19.3 Å². The molecule has 0 spiro atoms. The highest BCUT2D eigenvalue weighted by atomic mass is 79.9. The number of hydrogen-bond donors (Lipinski definition) is 1. The molecule has 0 aliphatic heterocycles. The number of pyridine rings is 1. The van der Waals surface area contributed by atoms with Gasteiger partial charge in [0, 0.05) is 22.8 Å². The number of hydrogen-bond acceptors (Lipinski definition) is 3. The lowest BCUT2D eigenvalue weighted by molar-refractivity contribution is 0.417. The van der Waals surface area contributed by atoms with Gasteiger partial charge < -0.3 is 10.1 Å². The zero-order chi connectivity index (χ0) is 14.7. The fourth-order valence-electron chi connectivity index (χ4n) is 1.94. The second kappa shape index (κ2) is 6.33. The van der Waals surface area contributed by atoms with E-state index in [1.807, 2.05) is 26.0 Å². The first kappa shape index (κ1) is 14.9. The summed E-state index contributed by atoms with van der Waals surface area (Å²) in [4.78, 5) is 3.96. The van der Waals surface area contributed by atoms with E-state index in [-0.39, 0.29) is 5.88 Å². The van der Waals surface area contributed by atoms with Crippen LogP contribution in [0.5, 0.6) is 11.6 Å². The fraction of sp³-hybridized carbons (Fsp3) is 0.267. The highest BCUT2D eigenvalue weighted by molar-refractivity contribution is 9.10. The topological polar surface area (TPSA) is 34.2 Å². The Morgan fingerprint density at radius 1 is 1.30 bits per heavy atom. The lowest BCUT2D eigenvalue weighted by atomic mass is 10.1. The maximum atomic E-state index is 14.2. The van der Waals surface area contributed by atoms with E-state index in [9.17, 15) is 4.39 Å². The minimum Gasteiger partial charge on any atom is -0.436 e. The summed E-state index contributed by atoms with van der Waals surface area (Å²) >= 11 is 3.49. The van der Waals surface area contributed by atoms with Crippen molar-refractivity contribution in [3.05, 3.63) is 51.4 Å². The number of nitrogens with zero attached hydrogens (tertiary/aromatic N) is 1. The third-order valence-electron chi connectivity index (χ3n) is 2.93. The molecule has 0 atom stereocenters. The third-order valence-corrected chi connectivity index (χ3v) is 4.18. The quantitative estimate of drug-likeness (QED) is 0.910. The van der Waals surface area contributed by atoms with Crippen LogP contribution in [0.25, 0.3) is 0 Å². The molecule has 0 saturated heterocycles. The van der Waals surface area contributed by atoms with Crippen molar-refractivity contribution < 1.29 is 9.13 Å². The van der Waals surface area contributed by atoms with Crippen LogP contribution in [0.1, 0.15) is 16.7 Å². The zero-order valence-electron chi connectivity index (χ0n) is 11.6. The van der Waals surface area contributed by atoms with Crippen molar-refractivity contribution in [3.63, 3.8) is 0 Å². The van der Waals surface area contributed by atoms with Crippen molar-refractivity contribution in [2.75, 3.05) is 7.05 Å². The Labute approximate surface area is 126 Å². The van der Waals surface area contributed by atoms with Crippen LogP contribution in [-0.4, -0.2) is 12.0 Å². The molecule has 0 amide bonds. The van der Waals surface area contributed by atoms with E-state index in [0.29, 0.717) is 17.9 Å². The standard InChI is InChI=1S/C15H16BrFN2O/c1-9-6-12(7-10(2)13(9)16)20-15-14(17)11(8-18-3)4-5-19-15/h4-7,18H,8H2,1-3H3. The van der Waals surface area contributed by atoms with Crippen molar-refractivity contribution in [1.82, 2.24) is 10.3 Å². The van der Waals surface area contributed by atoms with E-state index < -0.39 is 5.82 Å². The zero-order valence-corrected chi connectivity index (χ0v) is 13.2. The number of halogens is 2. The Hall–Kier alpha value is -1.46. The summed E-state index contributed by atoms with van der Waals surface area (Å²) in [5.41, 5.74) is 2.60. The van der Waals surface area contributed by atoms with Gasteiger partial charge in [-0.3, -0.25) is 0 Å². The molecule has 0 unspecified atom stereocenters. The molecule has 2 rings (SSSR count). The first-order valence-electron chi connectivity index (χ1n) is 6.25. The van der Waals surface area contributed by atoms with Crippen LogP contribution < -0.4 is 10.1 Å². The van der Waals surface area contributed by atoms with Crippen LogP contribution in [0.4, 0.5) is 4.39 Å². The molecule has 0 saturated carbocycles. The van der Waals surface area contributed by atoms with Gasteiger partial charge in [-0.2, -0.15) is 0 Å². The molecule has 1 heterocycles. The summed E-state index contributed by atoms with van der Waals surface area (Å²) in [5.74, 6) is 0.148. The van der Waals surface area contributed by atoms with E-state index in [0.717, 1.165) is 15.6 Å². The molecule has 0 aliphatic carbocycles. The molecule has 1 N–H and O–H groups in total. The maximum absolute atomic E-state index is 14.2. The van der Waals surface area contributed by atoms with Crippen LogP contribution in [0.2, 0.25) is 0 Å². The average molecular weight is 339 g/mol. The Balaban J connectivity index is 2.33. The molecular weight excluding hydrogens is 323 g/mol. The SMILES string of the molecule is CNCc1ccnc(Oc2cc(C)c(Br)c(C)c2)c1F. The molecule has 1 aromatic heterocycles. The number of aromatic nitrogens is 1. The Bertz CT molecular complexity index is 608. The summed E-state index contributed by atoms with van der Waals surface area (Å²) in [6, 6.07) is 5.34. The van der Waals surface area contributed by atoms with Gasteiger partial charge in [0.25, 0.3) is 5.88 Å². The molecule has 2 aromatic rings. The first-order valence-corrected chi connectivity index (χ1v) is 7.04. The van der Waals surface area contributed by atoms with Gasteiger partial charge in [-0.25, -0.2) is 9.37 Å². The number of aryl methyl sites for hydroxylation is 2. The predicted molar refractivity (Wildman–Crippen MR) is 80.6 cm³/mol. The second-order valence-electron chi connectivity index (χ2n) is 4.59. The number of ether oxygens (including phenoxy) is 1. The Morgan fingerprint density at radius 2 is 1.95 bits per heavy atom. The minimum absolute atomic E-state index is 0.00104. The molecule has 1 aromatic carbocycles. The summed E-state index contributed by atoms with van der Waals surface area (Å²) in [6.45, 7) is 4.36. The molecular formula is C15H16BrFN2O. The molecule has 0 bridgehead atoms. The van der Waals surface area contributed by atoms with Crippen molar-refractivity contribution in [2.45, 2.75) is 20.4 Å². The largest absolute Gasteiger partial charge is 0.436 e. The highest BCUT2D eigenvalue weighted by Gasteiger charge is 2.12. The van der Waals surface area contributed by atoms with Crippen LogP contribution in [0.3, 0.4) is 0 Å². The molecule has 0 radical (unpaired) electrons. The van der Waals surface area contributed by atoms with Gasteiger partial charge in [-0.15, -0.1) is 0 Å². The fourth-order valence-corrected chi connectivity index (χ4v) is 2.17. The molecule has 3 nitrogen and oxygen atoms in total. The number of rotatable bonds is 4. The monoisotopic (exact) mass is 338 g/mol. The smallest absolute Gasteiger partial charge is 0.256 e. The second-order valence-corrected chi connectivity index (χ2v) is 5.39. The van der Waals surface area contributed by atoms with Gasteiger partial charge in [0.15, 0.2) is 5.82 Å². The molecule has 0 fully saturated rings. The Morgan fingerprint density at radius 3 is 2.55 bits per heavy atom. The van der Waals surface area contributed by atoms with Gasteiger partial charge in [0.05, 0.1) is 0 Å². The average Bonchev–Trinajstić information content (AvgIpc) is 2.41. The Kier molecular flexibility index (Phi) is 4.73. The van der Waals surface area contributed by atoms with Crippen molar-refractivity contribution in [1.29, 1.82) is 0 Å². The molecule has 0 aliphatic rings. The van der Waals surface area contributed by atoms with Gasteiger partial charge in [0.1, 0.15) is 5.75 Å². The lowest BCUT2D eigenvalue weighted by Gasteiger charge is -2.11. The van der Waals surface area contributed by atoms with Crippen LogP contribution in [0.15, 0.2) is 28.9 Å². The van der Waals surface area contributed by atoms with E-state index in [1.165, 1.54) is 0 Å². The molecule has 106 valence electrons. The molecule has 20 heavy (non-hydrogen) atoms. The normalized spacial score (nSPS) is 10.7. The summed E-state index contributed by atoms with van der Waals surface area (Å²) in [6.07, 6.45) is 1.55. The molecule has 5 heteroatoms. The van der Waals surface area contributed by atoms with Crippen LogP contribution in [0, 0.1) is 19.7 Å². The first-order chi connectivity index (χ1) is 9.52. The van der Waals surface area contributed by atoms with Crippen molar-refractivity contribution >= 4 is 15.9 Å². The third kappa shape index (κ3) is 3.16. The lowest BCUT2D eigenvalue weighted by Crippen LogP contribution is -2.08. The maximum Gasteiger partial charge on any atom is 0.256 e. The predicted octanol–water partition coefficient (Wildman–Crippen LogP) is 4.11. The van der Waals surface area contributed by atoms with E-state index >= 15 is 0 Å². The van der Waals surface area contributed by atoms with Crippen molar-refractivity contribution in [3.8, 4) is 11.6 Å².